The molecule has 0 fully saturated rings. The van der Waals surface area contributed by atoms with E-state index < -0.39 is 0 Å². The molecule has 2 rings (SSSR count). The largest absolute Gasteiger partial charge is 0.466 e. The Morgan fingerprint density at radius 1 is 1.24 bits per heavy atom. The van der Waals surface area contributed by atoms with E-state index in [4.69, 9.17) is 4.74 Å². The highest BCUT2D eigenvalue weighted by molar-refractivity contribution is 5.74. The molecule has 2 unspecified atom stereocenters. The maximum atomic E-state index is 11.9. The zero-order valence-corrected chi connectivity index (χ0v) is 10.1. The van der Waals surface area contributed by atoms with Gasteiger partial charge >= 0.3 is 5.97 Å². The minimum atomic E-state index is -0.0642. The van der Waals surface area contributed by atoms with Gasteiger partial charge in [-0.15, -0.1) is 0 Å². The molecule has 17 heavy (non-hydrogen) atoms. The molecule has 1 aliphatic rings. The van der Waals surface area contributed by atoms with Gasteiger partial charge in [0, 0.05) is 5.92 Å². The number of hydrogen-bond acceptors (Lipinski definition) is 2. The van der Waals surface area contributed by atoms with Crippen LogP contribution in [0, 0.1) is 5.92 Å². The third-order valence-electron chi connectivity index (χ3n) is 3.25. The Balaban J connectivity index is 2.19. The molecule has 0 heterocycles. The molecule has 1 aliphatic carbocycles. The van der Waals surface area contributed by atoms with Crippen molar-refractivity contribution in [3.8, 4) is 0 Å². The summed E-state index contributed by atoms with van der Waals surface area (Å²) in [6.45, 7) is 2.31. The van der Waals surface area contributed by atoms with Crippen LogP contribution < -0.4 is 0 Å². The Kier molecular flexibility index (Phi) is 3.97. The van der Waals surface area contributed by atoms with Crippen LogP contribution in [0.5, 0.6) is 0 Å². The summed E-state index contributed by atoms with van der Waals surface area (Å²) in [5.74, 6) is 0.174. The molecule has 1 aromatic carbocycles. The molecule has 0 amide bonds. The average Bonchev–Trinajstić information content (AvgIpc) is 2.40. The highest BCUT2D eigenvalue weighted by Gasteiger charge is 2.30. The predicted molar refractivity (Wildman–Crippen MR) is 67.7 cm³/mol. The van der Waals surface area contributed by atoms with Crippen molar-refractivity contribution < 1.29 is 9.53 Å². The van der Waals surface area contributed by atoms with Crippen molar-refractivity contribution in [2.75, 3.05) is 6.61 Å². The molecule has 0 aromatic heterocycles. The van der Waals surface area contributed by atoms with Crippen LogP contribution in [0.3, 0.4) is 0 Å². The highest BCUT2D eigenvalue weighted by Crippen LogP contribution is 2.35. The maximum absolute atomic E-state index is 11.9. The Bertz CT molecular complexity index is 395. The van der Waals surface area contributed by atoms with Crippen molar-refractivity contribution in [2.45, 2.75) is 25.7 Å². The van der Waals surface area contributed by atoms with Gasteiger partial charge in [-0.3, -0.25) is 4.79 Å². The van der Waals surface area contributed by atoms with Crippen molar-refractivity contribution in [3.05, 3.63) is 48.0 Å². The quantitative estimate of drug-likeness (QED) is 0.588. The lowest BCUT2D eigenvalue weighted by Gasteiger charge is -2.27. The van der Waals surface area contributed by atoms with Crippen molar-refractivity contribution in [1.29, 1.82) is 0 Å². The lowest BCUT2D eigenvalue weighted by Crippen LogP contribution is -2.25. The fourth-order valence-electron chi connectivity index (χ4n) is 2.39. The van der Waals surface area contributed by atoms with Gasteiger partial charge in [0.15, 0.2) is 0 Å². The third kappa shape index (κ3) is 2.76. The summed E-state index contributed by atoms with van der Waals surface area (Å²) in [5, 5.41) is 0. The summed E-state index contributed by atoms with van der Waals surface area (Å²) >= 11 is 0. The summed E-state index contributed by atoms with van der Waals surface area (Å²) in [4.78, 5) is 11.9. The van der Waals surface area contributed by atoms with E-state index in [1.807, 2.05) is 25.1 Å². The van der Waals surface area contributed by atoms with Gasteiger partial charge < -0.3 is 4.74 Å². The number of esters is 1. The molecule has 2 atom stereocenters. The van der Waals surface area contributed by atoms with Crippen molar-refractivity contribution in [1.82, 2.24) is 0 Å². The Hall–Kier alpha value is -1.57. The average molecular weight is 230 g/mol. The summed E-state index contributed by atoms with van der Waals surface area (Å²) in [7, 11) is 0. The highest BCUT2D eigenvalue weighted by atomic mass is 16.5. The molecule has 0 radical (unpaired) electrons. The first-order valence-corrected chi connectivity index (χ1v) is 6.19. The topological polar surface area (TPSA) is 26.3 Å². The molecular formula is C15H18O2. The first kappa shape index (κ1) is 11.9. The smallest absolute Gasteiger partial charge is 0.309 e. The second-order valence-corrected chi connectivity index (χ2v) is 4.32. The fraction of sp³-hybridized carbons (Fsp3) is 0.400. The van der Waals surface area contributed by atoms with Gasteiger partial charge in [-0.2, -0.15) is 0 Å². The van der Waals surface area contributed by atoms with E-state index in [2.05, 4.69) is 24.3 Å². The number of carbonyl (C=O) groups excluding carboxylic acids is 1. The van der Waals surface area contributed by atoms with E-state index in [0.29, 0.717) is 6.61 Å². The normalized spacial score (nSPS) is 23.4. The summed E-state index contributed by atoms with van der Waals surface area (Å²) in [5.41, 5.74) is 1.23. The van der Waals surface area contributed by atoms with Crippen LogP contribution in [-0.4, -0.2) is 12.6 Å². The summed E-state index contributed by atoms with van der Waals surface area (Å²) in [6.07, 6.45) is 5.96. The van der Waals surface area contributed by atoms with Crippen LogP contribution >= 0.6 is 0 Å². The van der Waals surface area contributed by atoms with Crippen LogP contribution in [0.15, 0.2) is 42.5 Å². The lowest BCUT2D eigenvalue weighted by molar-refractivity contribution is -0.148. The molecule has 0 saturated heterocycles. The van der Waals surface area contributed by atoms with Gasteiger partial charge in [0.2, 0.25) is 0 Å². The van der Waals surface area contributed by atoms with E-state index in [-0.39, 0.29) is 17.8 Å². The van der Waals surface area contributed by atoms with E-state index in [1.165, 1.54) is 5.56 Å². The monoisotopic (exact) mass is 230 g/mol. The molecule has 2 heteroatoms. The molecule has 0 spiro atoms. The van der Waals surface area contributed by atoms with Gasteiger partial charge in [0.1, 0.15) is 0 Å². The Morgan fingerprint density at radius 2 is 1.94 bits per heavy atom. The van der Waals surface area contributed by atoms with E-state index >= 15 is 0 Å². The predicted octanol–water partition coefficient (Wildman–Crippen LogP) is 3.30. The second-order valence-electron chi connectivity index (χ2n) is 4.32. The van der Waals surface area contributed by atoms with Gasteiger partial charge in [-0.25, -0.2) is 0 Å². The third-order valence-corrected chi connectivity index (χ3v) is 3.25. The number of allylic oxidation sites excluding steroid dienone is 2. The zero-order chi connectivity index (χ0) is 12.1. The number of ether oxygens (including phenoxy) is 1. The van der Waals surface area contributed by atoms with Gasteiger partial charge in [-0.05, 0) is 25.3 Å². The summed E-state index contributed by atoms with van der Waals surface area (Å²) in [6, 6.07) is 10.2. The number of hydrogen-bond donors (Lipinski definition) is 0. The minimum Gasteiger partial charge on any atom is -0.466 e. The minimum absolute atomic E-state index is 0.0256. The molecule has 0 N–H and O–H groups in total. The van der Waals surface area contributed by atoms with Crippen LogP contribution in [0.2, 0.25) is 0 Å². The molecule has 1 aromatic rings. The van der Waals surface area contributed by atoms with E-state index in [9.17, 15) is 4.79 Å². The van der Waals surface area contributed by atoms with Crippen LogP contribution in [0.4, 0.5) is 0 Å². The van der Waals surface area contributed by atoms with Gasteiger partial charge in [0.05, 0.1) is 12.5 Å². The van der Waals surface area contributed by atoms with Crippen molar-refractivity contribution in [2.24, 2.45) is 5.92 Å². The molecular weight excluding hydrogens is 212 g/mol. The van der Waals surface area contributed by atoms with Crippen LogP contribution in [-0.2, 0) is 9.53 Å². The van der Waals surface area contributed by atoms with Crippen molar-refractivity contribution >= 4 is 5.97 Å². The Labute approximate surface area is 102 Å². The number of carbonyl (C=O) groups is 1. The molecule has 2 nitrogen and oxygen atoms in total. The van der Waals surface area contributed by atoms with Gasteiger partial charge in [0.25, 0.3) is 0 Å². The Morgan fingerprint density at radius 3 is 2.65 bits per heavy atom. The van der Waals surface area contributed by atoms with Crippen LogP contribution in [0.25, 0.3) is 0 Å². The van der Waals surface area contributed by atoms with Gasteiger partial charge in [-0.1, -0.05) is 42.5 Å². The standard InChI is InChI=1S/C15H18O2/c1-2-17-15(16)14-11-7-6-10-13(14)12-8-4-3-5-9-12/h3-9,13-14H,2,10-11H2,1H3. The lowest BCUT2D eigenvalue weighted by atomic mass is 9.78. The maximum Gasteiger partial charge on any atom is 0.309 e. The first-order valence-electron chi connectivity index (χ1n) is 6.19. The molecule has 0 saturated carbocycles. The number of rotatable bonds is 3. The molecule has 0 aliphatic heterocycles. The molecule has 0 bridgehead atoms. The molecule has 90 valence electrons. The fourth-order valence-corrected chi connectivity index (χ4v) is 2.39. The number of benzene rings is 1. The second kappa shape index (κ2) is 5.67. The van der Waals surface area contributed by atoms with E-state index in [1.54, 1.807) is 0 Å². The first-order chi connectivity index (χ1) is 8.33. The van der Waals surface area contributed by atoms with E-state index in [0.717, 1.165) is 12.8 Å². The van der Waals surface area contributed by atoms with Crippen molar-refractivity contribution in [3.63, 3.8) is 0 Å². The summed E-state index contributed by atoms with van der Waals surface area (Å²) < 4.78 is 5.16. The zero-order valence-electron chi connectivity index (χ0n) is 10.1. The van der Waals surface area contributed by atoms with Crippen LogP contribution in [0.1, 0.15) is 31.2 Å². The SMILES string of the molecule is CCOC(=O)C1CC=CCC1c1ccccc1.